The minimum absolute atomic E-state index is 0.152. The molecule has 2 heterocycles. The summed E-state index contributed by atoms with van der Waals surface area (Å²) in [6, 6.07) is 13.2. The molecule has 1 aliphatic rings. The van der Waals surface area contributed by atoms with E-state index < -0.39 is 23.7 Å². The molecule has 2 N–H and O–H groups in total. The number of carboxylic acids is 1. The van der Waals surface area contributed by atoms with Crippen LogP contribution < -0.4 is 5.32 Å². The van der Waals surface area contributed by atoms with Gasteiger partial charge in [-0.1, -0.05) is 48.2 Å². The molecule has 0 unspecified atom stereocenters. The van der Waals surface area contributed by atoms with E-state index in [1.807, 2.05) is 43.3 Å². The van der Waals surface area contributed by atoms with Crippen LogP contribution >= 0.6 is 11.8 Å². The quantitative estimate of drug-likeness (QED) is 0.443. The van der Waals surface area contributed by atoms with Gasteiger partial charge < -0.3 is 14.8 Å². The van der Waals surface area contributed by atoms with Crippen LogP contribution in [0, 0.1) is 0 Å². The van der Waals surface area contributed by atoms with Crippen LogP contribution in [-0.4, -0.2) is 51.0 Å². The first-order valence-corrected chi connectivity index (χ1v) is 10.6. The Balaban J connectivity index is 1.73. The maximum absolute atomic E-state index is 12.9. The van der Waals surface area contributed by atoms with E-state index in [1.165, 1.54) is 11.2 Å². The summed E-state index contributed by atoms with van der Waals surface area (Å²) in [5.74, 6) is -1.43. The van der Waals surface area contributed by atoms with Crippen LogP contribution in [0.15, 0.2) is 68.9 Å². The van der Waals surface area contributed by atoms with Crippen molar-refractivity contribution in [3.63, 3.8) is 0 Å². The molecule has 0 saturated carbocycles. The Hall–Kier alpha value is -3.66. The summed E-state index contributed by atoms with van der Waals surface area (Å²) >= 11 is 1.11. The third-order valence-electron chi connectivity index (χ3n) is 4.32. The average molecular weight is 455 g/mol. The van der Waals surface area contributed by atoms with Crippen molar-refractivity contribution in [1.29, 1.82) is 0 Å². The Morgan fingerprint density at radius 1 is 1.25 bits per heavy atom. The molecule has 0 radical (unpaired) electrons. The first-order chi connectivity index (χ1) is 15.4. The predicted molar refractivity (Wildman–Crippen MR) is 122 cm³/mol. The summed E-state index contributed by atoms with van der Waals surface area (Å²) < 4.78 is 5.33. The largest absolute Gasteiger partial charge is 0.480 e. The summed E-state index contributed by atoms with van der Waals surface area (Å²) in [5, 5.41) is 18.9. The molecule has 2 amide bonds. The van der Waals surface area contributed by atoms with E-state index in [1.54, 1.807) is 18.3 Å². The zero-order valence-electron chi connectivity index (χ0n) is 17.3. The van der Waals surface area contributed by atoms with Gasteiger partial charge in [0.15, 0.2) is 5.17 Å². The molecule has 1 aromatic carbocycles. The van der Waals surface area contributed by atoms with Gasteiger partial charge in [-0.05, 0) is 30.2 Å². The fraction of sp³-hybridized carbons (Fsp3) is 0.227. The Labute approximate surface area is 188 Å². The molecule has 1 aliphatic heterocycles. The Morgan fingerprint density at radius 2 is 2.03 bits per heavy atom. The lowest BCUT2D eigenvalue weighted by Gasteiger charge is -2.14. The number of carboxylic acid groups (broad SMARTS) is 1. The van der Waals surface area contributed by atoms with Gasteiger partial charge >= 0.3 is 5.97 Å². The molecule has 1 saturated heterocycles. The summed E-state index contributed by atoms with van der Waals surface area (Å²) in [4.78, 5) is 36.9. The highest BCUT2D eigenvalue weighted by molar-refractivity contribution is 8.15. The maximum atomic E-state index is 12.9. The topological polar surface area (TPSA) is 125 Å². The number of amidine groups is 1. The van der Waals surface area contributed by atoms with Crippen LogP contribution in [0.25, 0.3) is 6.08 Å². The number of amides is 2. The van der Waals surface area contributed by atoms with E-state index in [0.717, 1.165) is 22.9 Å². The van der Waals surface area contributed by atoms with Gasteiger partial charge in [-0.25, -0.2) is 0 Å². The summed E-state index contributed by atoms with van der Waals surface area (Å²) in [6.45, 7) is 1.54. The van der Waals surface area contributed by atoms with E-state index in [2.05, 4.69) is 15.5 Å². The molecule has 0 aliphatic carbocycles. The van der Waals surface area contributed by atoms with Crippen molar-refractivity contribution in [3.05, 3.63) is 65.6 Å². The van der Waals surface area contributed by atoms with E-state index in [9.17, 15) is 14.4 Å². The fourth-order valence-corrected chi connectivity index (χ4v) is 3.95. The minimum Gasteiger partial charge on any atom is -0.480 e. The Bertz CT molecular complexity index is 1050. The fourth-order valence-electron chi connectivity index (χ4n) is 2.85. The van der Waals surface area contributed by atoms with Crippen molar-refractivity contribution in [2.45, 2.75) is 25.1 Å². The molecule has 0 spiro atoms. The molecule has 2 aromatic rings. The van der Waals surface area contributed by atoms with Gasteiger partial charge in [-0.3, -0.25) is 19.3 Å². The molecular formula is C22H22N4O5S. The first kappa shape index (κ1) is 23.0. The van der Waals surface area contributed by atoms with E-state index in [4.69, 9.17) is 9.52 Å². The van der Waals surface area contributed by atoms with Crippen LogP contribution in [0.5, 0.6) is 0 Å². The monoisotopic (exact) mass is 454 g/mol. The number of hydrogen-bond acceptors (Lipinski definition) is 7. The van der Waals surface area contributed by atoms with E-state index in [0.29, 0.717) is 10.9 Å². The van der Waals surface area contributed by atoms with Crippen LogP contribution in [-0.2, 0) is 20.9 Å². The number of furan rings is 1. The minimum atomic E-state index is -1.15. The highest BCUT2D eigenvalue weighted by Gasteiger charge is 2.39. The second kappa shape index (κ2) is 11.1. The molecule has 9 nitrogen and oxygen atoms in total. The van der Waals surface area contributed by atoms with Gasteiger partial charge in [0.1, 0.15) is 17.6 Å². The van der Waals surface area contributed by atoms with Gasteiger partial charge in [0, 0.05) is 6.42 Å². The lowest BCUT2D eigenvalue weighted by Crippen LogP contribution is -2.35. The van der Waals surface area contributed by atoms with Crippen LogP contribution in [0.4, 0.5) is 0 Å². The van der Waals surface area contributed by atoms with Crippen molar-refractivity contribution in [2.24, 2.45) is 10.2 Å². The lowest BCUT2D eigenvalue weighted by atomic mass is 10.1. The molecular weight excluding hydrogens is 432 g/mol. The van der Waals surface area contributed by atoms with Crippen molar-refractivity contribution in [3.8, 4) is 0 Å². The second-order valence-electron chi connectivity index (χ2n) is 6.91. The highest BCUT2D eigenvalue weighted by atomic mass is 32.2. The van der Waals surface area contributed by atoms with Crippen molar-refractivity contribution < 1.29 is 23.9 Å². The van der Waals surface area contributed by atoms with Crippen LogP contribution in [0.2, 0.25) is 0 Å². The van der Waals surface area contributed by atoms with Crippen molar-refractivity contribution in [2.75, 3.05) is 6.54 Å². The zero-order valence-corrected chi connectivity index (χ0v) is 18.1. The number of allylic oxidation sites excluding steroid dienone is 1. The van der Waals surface area contributed by atoms with Gasteiger partial charge in [-0.2, -0.15) is 5.10 Å². The summed E-state index contributed by atoms with van der Waals surface area (Å²) in [5.41, 5.74) is 1.90. The normalized spacial score (nSPS) is 18.0. The van der Waals surface area contributed by atoms with Gasteiger partial charge in [0.2, 0.25) is 11.8 Å². The van der Waals surface area contributed by atoms with Crippen LogP contribution in [0.1, 0.15) is 24.7 Å². The molecule has 32 heavy (non-hydrogen) atoms. The number of nitrogens with zero attached hydrogens (tertiary/aromatic N) is 3. The lowest BCUT2D eigenvalue weighted by molar-refractivity contribution is -0.138. The number of hydrogen-bond donors (Lipinski definition) is 2. The Morgan fingerprint density at radius 3 is 2.72 bits per heavy atom. The molecule has 10 heteroatoms. The number of carbonyl (C=O) groups excluding carboxylic acids is 2. The standard InChI is InChI=1S/C22H22N4O5S/c1-15(10-16-6-3-2-4-7-16)12-24-25-22-26(14-17-8-5-9-31-17)21(30)18(32-22)11-19(27)23-13-20(28)29/h2-10,12,18H,11,13-14H2,1H3,(H,23,27)(H,28,29)/b15-10-,24-12-,25-22-/t18-/m0/s1. The molecule has 166 valence electrons. The molecule has 3 rings (SSSR count). The van der Waals surface area contributed by atoms with E-state index >= 15 is 0 Å². The molecule has 0 bridgehead atoms. The molecule has 1 fully saturated rings. The third kappa shape index (κ3) is 6.67. The number of aliphatic carboxylic acids is 1. The smallest absolute Gasteiger partial charge is 0.322 e. The summed E-state index contributed by atoms with van der Waals surface area (Å²) in [7, 11) is 0. The SMILES string of the molecule is CC(/C=N\N=C1/S[C@@H](CC(=O)NCC(=O)O)C(=O)N1Cc1ccco1)=C/c1ccccc1. The van der Waals surface area contributed by atoms with Gasteiger partial charge in [0.05, 0.1) is 19.0 Å². The van der Waals surface area contributed by atoms with Crippen molar-refractivity contribution >= 4 is 47.0 Å². The number of carbonyl (C=O) groups is 3. The number of nitrogens with one attached hydrogen (secondary N) is 1. The van der Waals surface area contributed by atoms with Crippen LogP contribution in [0.3, 0.4) is 0 Å². The number of rotatable bonds is 9. The first-order valence-electron chi connectivity index (χ1n) is 9.75. The maximum Gasteiger partial charge on any atom is 0.322 e. The number of benzene rings is 1. The van der Waals surface area contributed by atoms with Crippen molar-refractivity contribution in [1.82, 2.24) is 10.2 Å². The van der Waals surface area contributed by atoms with Gasteiger partial charge in [-0.15, -0.1) is 5.10 Å². The average Bonchev–Trinajstić information content (AvgIpc) is 3.37. The van der Waals surface area contributed by atoms with E-state index in [-0.39, 0.29) is 18.9 Å². The predicted octanol–water partition coefficient (Wildman–Crippen LogP) is 2.76. The van der Waals surface area contributed by atoms with Gasteiger partial charge in [0.25, 0.3) is 0 Å². The third-order valence-corrected chi connectivity index (χ3v) is 5.49. The molecule has 1 aromatic heterocycles. The zero-order chi connectivity index (χ0) is 22.9. The highest BCUT2D eigenvalue weighted by Crippen LogP contribution is 2.31. The molecule has 1 atom stereocenters. The second-order valence-corrected chi connectivity index (χ2v) is 8.08. The summed E-state index contributed by atoms with van der Waals surface area (Å²) in [6.07, 6.45) is 4.88. The number of thioether (sulfide) groups is 1. The Kier molecular flexibility index (Phi) is 7.98.